The predicted molar refractivity (Wildman–Crippen MR) is 97.1 cm³/mol. The average molecular weight is 352 g/mol. The number of H-pyrrole nitrogens is 1. The smallest absolute Gasteiger partial charge is 0.296 e. The first kappa shape index (κ1) is 16.5. The van der Waals surface area contributed by atoms with Crippen LogP contribution < -0.4 is 5.32 Å². The summed E-state index contributed by atoms with van der Waals surface area (Å²) in [6, 6.07) is 7.38. The van der Waals surface area contributed by atoms with Gasteiger partial charge in [0.15, 0.2) is 0 Å². The minimum Gasteiger partial charge on any atom is -0.376 e. The second-order valence-corrected chi connectivity index (χ2v) is 6.47. The standard InChI is InChI=1S/C19H20N4O3/c24-18(16-10-20-17-7-2-1-6-15(16)17)19(25)22-13-9-21-23(11-13)12-14-5-3-4-8-26-14/h1-2,6-7,9-11,14,20H,3-5,8,12H2,(H,22,25)/t14-/m1/s1. The summed E-state index contributed by atoms with van der Waals surface area (Å²) in [5.74, 6) is -1.26. The van der Waals surface area contributed by atoms with E-state index in [1.807, 2.05) is 24.3 Å². The van der Waals surface area contributed by atoms with Crippen LogP contribution in [0.2, 0.25) is 0 Å². The lowest BCUT2D eigenvalue weighted by atomic mass is 10.1. The Kier molecular flexibility index (Phi) is 4.53. The zero-order chi connectivity index (χ0) is 17.9. The van der Waals surface area contributed by atoms with Gasteiger partial charge in [0.05, 0.1) is 30.1 Å². The predicted octanol–water partition coefficient (Wildman–Crippen LogP) is 2.75. The number of carbonyl (C=O) groups is 2. The van der Waals surface area contributed by atoms with E-state index in [0.29, 0.717) is 17.8 Å². The molecular formula is C19H20N4O3. The summed E-state index contributed by atoms with van der Waals surface area (Å²) in [7, 11) is 0. The maximum absolute atomic E-state index is 12.5. The Morgan fingerprint density at radius 2 is 2.19 bits per heavy atom. The first-order chi connectivity index (χ1) is 12.7. The van der Waals surface area contributed by atoms with Crippen molar-refractivity contribution in [2.75, 3.05) is 11.9 Å². The molecule has 0 bridgehead atoms. The zero-order valence-electron chi connectivity index (χ0n) is 14.3. The number of carbonyl (C=O) groups excluding carboxylic acids is 2. The third kappa shape index (κ3) is 3.39. The van der Waals surface area contributed by atoms with Crippen LogP contribution in [0.1, 0.15) is 29.6 Å². The van der Waals surface area contributed by atoms with E-state index in [4.69, 9.17) is 4.74 Å². The molecule has 7 heteroatoms. The number of nitrogens with one attached hydrogen (secondary N) is 2. The number of hydrogen-bond donors (Lipinski definition) is 2. The molecule has 3 heterocycles. The number of nitrogens with zero attached hydrogens (tertiary/aromatic N) is 2. The Hall–Kier alpha value is -2.93. The van der Waals surface area contributed by atoms with Gasteiger partial charge < -0.3 is 15.0 Å². The number of rotatable bonds is 5. The Morgan fingerprint density at radius 3 is 3.04 bits per heavy atom. The number of Topliss-reactive ketones (excluding diaryl/α,β-unsaturated/α-hetero) is 1. The molecule has 3 aromatic rings. The van der Waals surface area contributed by atoms with E-state index in [0.717, 1.165) is 36.8 Å². The van der Waals surface area contributed by atoms with Crippen LogP contribution in [0.25, 0.3) is 10.9 Å². The molecule has 1 fully saturated rings. The van der Waals surface area contributed by atoms with Gasteiger partial charge in [0.1, 0.15) is 0 Å². The summed E-state index contributed by atoms with van der Waals surface area (Å²) in [6.45, 7) is 1.43. The Balaban J connectivity index is 1.42. The fourth-order valence-electron chi connectivity index (χ4n) is 3.26. The molecule has 0 spiro atoms. The van der Waals surface area contributed by atoms with Crippen LogP contribution in [-0.2, 0) is 16.1 Å². The number of ketones is 1. The van der Waals surface area contributed by atoms with Crippen LogP contribution in [0.3, 0.4) is 0 Å². The van der Waals surface area contributed by atoms with Gasteiger partial charge in [-0.05, 0) is 25.3 Å². The minimum absolute atomic E-state index is 0.153. The van der Waals surface area contributed by atoms with E-state index < -0.39 is 11.7 Å². The molecule has 134 valence electrons. The number of aromatic nitrogens is 3. The number of ether oxygens (including phenoxy) is 1. The second kappa shape index (κ2) is 7.13. The maximum Gasteiger partial charge on any atom is 0.296 e. The largest absolute Gasteiger partial charge is 0.376 e. The molecule has 0 radical (unpaired) electrons. The molecule has 0 saturated carbocycles. The molecule has 1 saturated heterocycles. The van der Waals surface area contributed by atoms with Gasteiger partial charge in [-0.3, -0.25) is 14.3 Å². The first-order valence-electron chi connectivity index (χ1n) is 8.76. The van der Waals surface area contributed by atoms with Gasteiger partial charge in [0.2, 0.25) is 0 Å². The van der Waals surface area contributed by atoms with Crippen molar-refractivity contribution in [3.8, 4) is 0 Å². The lowest BCUT2D eigenvalue weighted by Crippen LogP contribution is -2.24. The summed E-state index contributed by atoms with van der Waals surface area (Å²) in [4.78, 5) is 27.8. The fraction of sp³-hybridized carbons (Fsp3) is 0.316. The highest BCUT2D eigenvalue weighted by molar-refractivity contribution is 6.48. The van der Waals surface area contributed by atoms with Crippen LogP contribution in [0, 0.1) is 0 Å². The summed E-state index contributed by atoms with van der Waals surface area (Å²) in [5.41, 5.74) is 1.68. The number of para-hydroxylation sites is 1. The van der Waals surface area contributed by atoms with Gasteiger partial charge in [-0.15, -0.1) is 0 Å². The number of anilines is 1. The molecule has 1 aliphatic heterocycles. The molecular weight excluding hydrogens is 332 g/mol. The van der Waals surface area contributed by atoms with E-state index in [9.17, 15) is 9.59 Å². The van der Waals surface area contributed by atoms with Gasteiger partial charge in [0, 0.05) is 29.9 Å². The molecule has 1 aliphatic rings. The molecule has 1 atom stereocenters. The summed E-state index contributed by atoms with van der Waals surface area (Å²) in [6.07, 6.45) is 8.26. The molecule has 1 amide bonds. The maximum atomic E-state index is 12.5. The van der Waals surface area contributed by atoms with E-state index in [-0.39, 0.29) is 6.10 Å². The summed E-state index contributed by atoms with van der Waals surface area (Å²) < 4.78 is 7.43. The van der Waals surface area contributed by atoms with Crippen molar-refractivity contribution in [1.29, 1.82) is 0 Å². The van der Waals surface area contributed by atoms with E-state index >= 15 is 0 Å². The number of hydrogen-bond acceptors (Lipinski definition) is 4. The van der Waals surface area contributed by atoms with Gasteiger partial charge in [-0.2, -0.15) is 5.10 Å². The van der Waals surface area contributed by atoms with Gasteiger partial charge in [-0.1, -0.05) is 18.2 Å². The molecule has 2 aromatic heterocycles. The zero-order valence-corrected chi connectivity index (χ0v) is 14.3. The SMILES string of the molecule is O=C(Nc1cnn(C[C@H]2CCCCO2)c1)C(=O)c1c[nH]c2ccccc12. The van der Waals surface area contributed by atoms with Crippen LogP contribution in [0.15, 0.2) is 42.9 Å². The van der Waals surface area contributed by atoms with Crippen LogP contribution >= 0.6 is 0 Å². The molecule has 7 nitrogen and oxygen atoms in total. The summed E-state index contributed by atoms with van der Waals surface area (Å²) in [5, 5.41) is 7.60. The topological polar surface area (TPSA) is 89.0 Å². The number of amides is 1. The van der Waals surface area contributed by atoms with Crippen molar-refractivity contribution in [1.82, 2.24) is 14.8 Å². The first-order valence-corrected chi connectivity index (χ1v) is 8.76. The monoisotopic (exact) mass is 352 g/mol. The van der Waals surface area contributed by atoms with Crippen molar-refractivity contribution in [2.24, 2.45) is 0 Å². The molecule has 4 rings (SSSR count). The lowest BCUT2D eigenvalue weighted by molar-refractivity contribution is -0.112. The van der Waals surface area contributed by atoms with E-state index in [1.165, 1.54) is 0 Å². The lowest BCUT2D eigenvalue weighted by Gasteiger charge is -2.22. The quantitative estimate of drug-likeness (QED) is 0.546. The minimum atomic E-state index is -0.678. The van der Waals surface area contributed by atoms with Crippen molar-refractivity contribution in [2.45, 2.75) is 31.9 Å². The Morgan fingerprint density at radius 1 is 1.31 bits per heavy atom. The van der Waals surface area contributed by atoms with Crippen molar-refractivity contribution >= 4 is 28.3 Å². The molecule has 26 heavy (non-hydrogen) atoms. The number of benzene rings is 1. The Bertz CT molecular complexity index is 937. The highest BCUT2D eigenvalue weighted by Crippen LogP contribution is 2.19. The highest BCUT2D eigenvalue weighted by atomic mass is 16.5. The summed E-state index contributed by atoms with van der Waals surface area (Å²) >= 11 is 0. The molecule has 1 aromatic carbocycles. The third-order valence-electron chi connectivity index (χ3n) is 4.60. The Labute approximate surface area is 150 Å². The van der Waals surface area contributed by atoms with Gasteiger partial charge >= 0.3 is 0 Å². The van der Waals surface area contributed by atoms with Crippen molar-refractivity contribution in [3.63, 3.8) is 0 Å². The number of aromatic amines is 1. The normalized spacial score (nSPS) is 17.3. The molecule has 0 aliphatic carbocycles. The number of fused-ring (bicyclic) bond motifs is 1. The van der Waals surface area contributed by atoms with Crippen LogP contribution in [0.5, 0.6) is 0 Å². The molecule has 2 N–H and O–H groups in total. The highest BCUT2D eigenvalue weighted by Gasteiger charge is 2.21. The fourth-order valence-corrected chi connectivity index (χ4v) is 3.26. The van der Waals surface area contributed by atoms with Gasteiger partial charge in [-0.25, -0.2) is 0 Å². The van der Waals surface area contributed by atoms with Crippen LogP contribution in [0.4, 0.5) is 5.69 Å². The van der Waals surface area contributed by atoms with Crippen molar-refractivity contribution in [3.05, 3.63) is 48.4 Å². The van der Waals surface area contributed by atoms with E-state index in [1.54, 1.807) is 23.3 Å². The second-order valence-electron chi connectivity index (χ2n) is 6.47. The van der Waals surface area contributed by atoms with Crippen LogP contribution in [-0.4, -0.2) is 39.2 Å². The van der Waals surface area contributed by atoms with Crippen molar-refractivity contribution < 1.29 is 14.3 Å². The van der Waals surface area contributed by atoms with Gasteiger partial charge in [0.25, 0.3) is 11.7 Å². The van der Waals surface area contributed by atoms with E-state index in [2.05, 4.69) is 15.4 Å². The molecule has 0 unspecified atom stereocenters. The average Bonchev–Trinajstić information content (AvgIpc) is 3.29. The third-order valence-corrected chi connectivity index (χ3v) is 4.60.